The van der Waals surface area contributed by atoms with E-state index in [1.54, 1.807) is 12.1 Å². The van der Waals surface area contributed by atoms with E-state index in [2.05, 4.69) is 16.4 Å². The number of carboxylic acids is 1. The van der Waals surface area contributed by atoms with E-state index in [-0.39, 0.29) is 0 Å². The normalized spacial score (nSPS) is 16.2. The molecule has 118 valence electrons. The highest BCUT2D eigenvalue weighted by Gasteiger charge is 2.12. The maximum Gasteiger partial charge on any atom is 0.335 e. The van der Waals surface area contributed by atoms with Gasteiger partial charge in [-0.1, -0.05) is 6.07 Å². The van der Waals surface area contributed by atoms with Crippen molar-refractivity contribution in [3.8, 4) is 0 Å². The van der Waals surface area contributed by atoms with Crippen molar-refractivity contribution >= 4 is 16.9 Å². The van der Waals surface area contributed by atoms with Crippen molar-refractivity contribution in [2.24, 2.45) is 7.05 Å². The third kappa shape index (κ3) is 3.15. The van der Waals surface area contributed by atoms with Crippen LogP contribution in [0.15, 0.2) is 24.4 Å². The number of carbonyl (C=O) groups is 1. The molecule has 0 bridgehead atoms. The SMILES string of the molecule is Cn1cc(CCCN2CCNCC2)c2ccc(C(=O)O)cc21. The molecule has 0 unspecified atom stereocenters. The minimum Gasteiger partial charge on any atom is -0.478 e. The van der Waals surface area contributed by atoms with Crippen molar-refractivity contribution < 1.29 is 9.90 Å². The molecule has 0 radical (unpaired) electrons. The molecule has 1 aromatic carbocycles. The van der Waals surface area contributed by atoms with Crippen molar-refractivity contribution in [2.75, 3.05) is 32.7 Å². The Bertz CT molecular complexity index is 672. The monoisotopic (exact) mass is 301 g/mol. The maximum atomic E-state index is 11.1. The number of hydrogen-bond donors (Lipinski definition) is 2. The smallest absolute Gasteiger partial charge is 0.335 e. The molecule has 0 atom stereocenters. The molecule has 0 spiro atoms. The minimum absolute atomic E-state index is 0.348. The van der Waals surface area contributed by atoms with Gasteiger partial charge in [-0.15, -0.1) is 0 Å². The van der Waals surface area contributed by atoms with E-state index in [0.29, 0.717) is 5.56 Å². The molecule has 2 heterocycles. The van der Waals surface area contributed by atoms with Crippen molar-refractivity contribution in [1.29, 1.82) is 0 Å². The summed E-state index contributed by atoms with van der Waals surface area (Å²) >= 11 is 0. The average Bonchev–Trinajstić information content (AvgIpc) is 2.84. The summed E-state index contributed by atoms with van der Waals surface area (Å²) in [6.07, 6.45) is 4.31. The van der Waals surface area contributed by atoms with E-state index in [9.17, 15) is 4.79 Å². The Balaban J connectivity index is 1.69. The van der Waals surface area contributed by atoms with Crippen molar-refractivity contribution in [3.63, 3.8) is 0 Å². The third-order valence-electron chi connectivity index (χ3n) is 4.45. The summed E-state index contributed by atoms with van der Waals surface area (Å²) in [4.78, 5) is 13.6. The van der Waals surface area contributed by atoms with Crippen LogP contribution in [0.3, 0.4) is 0 Å². The Hall–Kier alpha value is -1.85. The van der Waals surface area contributed by atoms with E-state index in [1.165, 1.54) is 10.9 Å². The number of hydrogen-bond acceptors (Lipinski definition) is 3. The lowest BCUT2D eigenvalue weighted by Crippen LogP contribution is -2.43. The summed E-state index contributed by atoms with van der Waals surface area (Å²) < 4.78 is 2.03. The lowest BCUT2D eigenvalue weighted by atomic mass is 10.1. The fourth-order valence-electron chi connectivity index (χ4n) is 3.23. The van der Waals surface area contributed by atoms with Crippen LogP contribution in [0, 0.1) is 0 Å². The number of benzene rings is 1. The van der Waals surface area contributed by atoms with Gasteiger partial charge in [0.15, 0.2) is 0 Å². The Morgan fingerprint density at radius 3 is 2.82 bits per heavy atom. The fraction of sp³-hybridized carbons (Fsp3) is 0.471. The zero-order valence-corrected chi connectivity index (χ0v) is 13.0. The molecule has 5 heteroatoms. The number of piperazine rings is 1. The third-order valence-corrected chi connectivity index (χ3v) is 4.45. The summed E-state index contributed by atoms with van der Waals surface area (Å²) in [7, 11) is 1.98. The van der Waals surface area contributed by atoms with Gasteiger partial charge in [0.2, 0.25) is 0 Å². The fourth-order valence-corrected chi connectivity index (χ4v) is 3.23. The number of rotatable bonds is 5. The second kappa shape index (κ2) is 6.50. The van der Waals surface area contributed by atoms with E-state index >= 15 is 0 Å². The molecular formula is C17H23N3O2. The first-order valence-electron chi connectivity index (χ1n) is 7.89. The van der Waals surface area contributed by atoms with Gasteiger partial charge in [0.1, 0.15) is 0 Å². The largest absolute Gasteiger partial charge is 0.478 e. The molecule has 1 saturated heterocycles. The van der Waals surface area contributed by atoms with Crippen LogP contribution in [-0.2, 0) is 13.5 Å². The van der Waals surface area contributed by atoms with Crippen molar-refractivity contribution in [2.45, 2.75) is 12.8 Å². The molecule has 1 aliphatic rings. The van der Waals surface area contributed by atoms with Gasteiger partial charge in [-0.2, -0.15) is 0 Å². The Morgan fingerprint density at radius 1 is 1.32 bits per heavy atom. The van der Waals surface area contributed by atoms with Crippen molar-refractivity contribution in [1.82, 2.24) is 14.8 Å². The number of aryl methyl sites for hydroxylation is 2. The molecule has 22 heavy (non-hydrogen) atoms. The molecule has 1 aliphatic heterocycles. The molecular weight excluding hydrogens is 278 g/mol. The number of nitrogens with one attached hydrogen (secondary N) is 1. The first-order valence-corrected chi connectivity index (χ1v) is 7.89. The van der Waals surface area contributed by atoms with Crippen LogP contribution in [0.4, 0.5) is 0 Å². The van der Waals surface area contributed by atoms with E-state index < -0.39 is 5.97 Å². The molecule has 0 amide bonds. The van der Waals surface area contributed by atoms with Gasteiger partial charge in [0.05, 0.1) is 5.56 Å². The summed E-state index contributed by atoms with van der Waals surface area (Å²) in [5, 5.41) is 13.7. The zero-order chi connectivity index (χ0) is 15.5. The quantitative estimate of drug-likeness (QED) is 0.883. The highest BCUT2D eigenvalue weighted by molar-refractivity contribution is 5.94. The first kappa shape index (κ1) is 15.1. The zero-order valence-electron chi connectivity index (χ0n) is 13.0. The summed E-state index contributed by atoms with van der Waals surface area (Å²) in [5.41, 5.74) is 2.66. The molecule has 2 aromatic rings. The second-order valence-electron chi connectivity index (χ2n) is 6.00. The van der Waals surface area contributed by atoms with Gasteiger partial charge in [-0.3, -0.25) is 0 Å². The van der Waals surface area contributed by atoms with Gasteiger partial charge in [0.25, 0.3) is 0 Å². The molecule has 5 nitrogen and oxygen atoms in total. The van der Waals surface area contributed by atoms with Crippen LogP contribution in [0.1, 0.15) is 22.3 Å². The van der Waals surface area contributed by atoms with Crippen LogP contribution >= 0.6 is 0 Å². The maximum absolute atomic E-state index is 11.1. The first-order chi connectivity index (χ1) is 10.6. The van der Waals surface area contributed by atoms with E-state index in [4.69, 9.17) is 5.11 Å². The van der Waals surface area contributed by atoms with E-state index in [0.717, 1.165) is 51.1 Å². The molecule has 0 saturated carbocycles. The van der Waals surface area contributed by atoms with Gasteiger partial charge < -0.3 is 19.9 Å². The molecule has 0 aliphatic carbocycles. The predicted molar refractivity (Wildman–Crippen MR) is 87.5 cm³/mol. The molecule has 3 rings (SSSR count). The number of fused-ring (bicyclic) bond motifs is 1. The molecule has 1 fully saturated rings. The topological polar surface area (TPSA) is 57.5 Å². The van der Waals surface area contributed by atoms with Gasteiger partial charge >= 0.3 is 5.97 Å². The van der Waals surface area contributed by atoms with Crippen LogP contribution in [-0.4, -0.2) is 53.3 Å². The van der Waals surface area contributed by atoms with Crippen LogP contribution in [0.25, 0.3) is 10.9 Å². The predicted octanol–water partition coefficient (Wildman–Crippen LogP) is 1.71. The number of nitrogens with zero attached hydrogens (tertiary/aromatic N) is 2. The molecule has 1 aromatic heterocycles. The summed E-state index contributed by atoms with van der Waals surface area (Å²) in [6, 6.07) is 5.40. The van der Waals surface area contributed by atoms with Gasteiger partial charge in [-0.05, 0) is 37.1 Å². The highest BCUT2D eigenvalue weighted by Crippen LogP contribution is 2.23. The summed E-state index contributed by atoms with van der Waals surface area (Å²) in [6.45, 7) is 5.58. The lowest BCUT2D eigenvalue weighted by Gasteiger charge is -2.26. The standard InChI is InChI=1S/C17H23N3O2/c1-19-12-14(3-2-8-20-9-6-18-7-10-20)15-5-4-13(17(21)22)11-16(15)19/h4-5,11-12,18H,2-3,6-10H2,1H3,(H,21,22). The van der Waals surface area contributed by atoms with E-state index in [1.807, 2.05) is 17.7 Å². The minimum atomic E-state index is -0.872. The van der Waals surface area contributed by atoms with Gasteiger partial charge in [-0.25, -0.2) is 4.79 Å². The molecule has 2 N–H and O–H groups in total. The van der Waals surface area contributed by atoms with Gasteiger partial charge in [0, 0.05) is 50.3 Å². The Kier molecular flexibility index (Phi) is 4.45. The van der Waals surface area contributed by atoms with Crippen LogP contribution < -0.4 is 5.32 Å². The summed E-state index contributed by atoms with van der Waals surface area (Å²) in [5.74, 6) is -0.872. The second-order valence-corrected chi connectivity index (χ2v) is 6.00. The van der Waals surface area contributed by atoms with Crippen LogP contribution in [0.2, 0.25) is 0 Å². The number of carboxylic acid groups (broad SMARTS) is 1. The Morgan fingerprint density at radius 2 is 2.09 bits per heavy atom. The highest BCUT2D eigenvalue weighted by atomic mass is 16.4. The number of aromatic carboxylic acids is 1. The van der Waals surface area contributed by atoms with Crippen molar-refractivity contribution in [3.05, 3.63) is 35.5 Å². The number of aromatic nitrogens is 1. The Labute approximate surface area is 130 Å². The van der Waals surface area contributed by atoms with Crippen LogP contribution in [0.5, 0.6) is 0 Å². The average molecular weight is 301 g/mol. The lowest BCUT2D eigenvalue weighted by molar-refractivity contribution is 0.0697.